The molecule has 35 heavy (non-hydrogen) atoms. The number of amides is 1. The molecule has 6 nitrogen and oxygen atoms in total. The number of benzene rings is 3. The Balaban J connectivity index is 1.59. The first-order chi connectivity index (χ1) is 17.2. The fourth-order valence-electron chi connectivity index (χ4n) is 4.24. The van der Waals surface area contributed by atoms with Gasteiger partial charge in [0, 0.05) is 12.1 Å². The molecule has 0 saturated carbocycles. The minimum atomic E-state index is -0.636. The van der Waals surface area contributed by atoms with Crippen LogP contribution in [0.1, 0.15) is 29.7 Å². The minimum Gasteiger partial charge on any atom is -0.365 e. The molecule has 3 aromatic carbocycles. The Labute approximate surface area is 204 Å². The molecule has 0 saturated heterocycles. The second kappa shape index (κ2) is 9.62. The van der Waals surface area contributed by atoms with E-state index in [0.717, 1.165) is 16.7 Å². The molecule has 1 aliphatic rings. The van der Waals surface area contributed by atoms with Crippen LogP contribution in [-0.4, -0.2) is 16.6 Å². The standard InChI is InChI=1S/C29H23N5O/c1-20-27(29(35)34(33-20)23-15-9-4-10-16-23)26-17-24(22-13-7-3-8-14-22)25(18-30)28(32-26)31-19-21-11-5-2-6-12-21/h2-17,27H,19H2,1H3,(H,31,32). The summed E-state index contributed by atoms with van der Waals surface area (Å²) < 4.78 is 0. The van der Waals surface area contributed by atoms with Crippen LogP contribution < -0.4 is 10.3 Å². The van der Waals surface area contributed by atoms with Crippen LogP contribution in [-0.2, 0) is 11.3 Å². The van der Waals surface area contributed by atoms with Crippen LogP contribution in [0.4, 0.5) is 11.5 Å². The number of nitrogens with one attached hydrogen (secondary N) is 1. The number of hydrogen-bond acceptors (Lipinski definition) is 5. The van der Waals surface area contributed by atoms with Crippen molar-refractivity contribution in [2.45, 2.75) is 19.4 Å². The van der Waals surface area contributed by atoms with Crippen molar-refractivity contribution in [3.05, 3.63) is 114 Å². The number of carbonyl (C=O) groups is 1. The second-order valence-electron chi connectivity index (χ2n) is 8.30. The Hall–Kier alpha value is -4.76. The van der Waals surface area contributed by atoms with Crippen LogP contribution in [0.15, 0.2) is 102 Å². The molecule has 1 aliphatic heterocycles. The van der Waals surface area contributed by atoms with E-state index in [9.17, 15) is 10.1 Å². The lowest BCUT2D eigenvalue weighted by atomic mass is 9.94. The summed E-state index contributed by atoms with van der Waals surface area (Å²) in [6.07, 6.45) is 0. The van der Waals surface area contributed by atoms with Gasteiger partial charge in [-0.2, -0.15) is 15.4 Å². The van der Waals surface area contributed by atoms with Gasteiger partial charge in [0.1, 0.15) is 23.4 Å². The molecule has 1 atom stereocenters. The predicted molar refractivity (Wildman–Crippen MR) is 138 cm³/mol. The van der Waals surface area contributed by atoms with E-state index >= 15 is 0 Å². The zero-order valence-corrected chi connectivity index (χ0v) is 19.2. The summed E-state index contributed by atoms with van der Waals surface area (Å²) in [4.78, 5) is 18.3. The number of nitriles is 1. The molecule has 1 N–H and O–H groups in total. The molecule has 1 aromatic heterocycles. The summed E-state index contributed by atoms with van der Waals surface area (Å²) in [6.45, 7) is 2.34. The lowest BCUT2D eigenvalue weighted by molar-refractivity contribution is -0.118. The largest absolute Gasteiger partial charge is 0.365 e. The van der Waals surface area contributed by atoms with Crippen molar-refractivity contribution < 1.29 is 4.79 Å². The average molecular weight is 458 g/mol. The average Bonchev–Trinajstić information content (AvgIpc) is 3.22. The number of nitrogens with zero attached hydrogens (tertiary/aromatic N) is 4. The smallest absolute Gasteiger partial charge is 0.262 e. The molecule has 0 fully saturated rings. The van der Waals surface area contributed by atoms with Gasteiger partial charge >= 0.3 is 0 Å². The van der Waals surface area contributed by atoms with E-state index in [2.05, 4.69) is 16.5 Å². The predicted octanol–water partition coefficient (Wildman–Crippen LogP) is 5.74. The third kappa shape index (κ3) is 4.40. The highest BCUT2D eigenvalue weighted by Gasteiger charge is 2.37. The normalized spacial score (nSPS) is 15.0. The molecule has 0 radical (unpaired) electrons. The number of hydrazone groups is 1. The number of aromatic nitrogens is 1. The molecule has 0 spiro atoms. The lowest BCUT2D eigenvalue weighted by Gasteiger charge is -2.18. The van der Waals surface area contributed by atoms with Crippen molar-refractivity contribution >= 4 is 23.1 Å². The van der Waals surface area contributed by atoms with Crippen molar-refractivity contribution in [3.63, 3.8) is 0 Å². The molecule has 0 bridgehead atoms. The Morgan fingerprint density at radius 2 is 1.57 bits per heavy atom. The van der Waals surface area contributed by atoms with Crippen LogP contribution >= 0.6 is 0 Å². The first-order valence-corrected chi connectivity index (χ1v) is 11.4. The molecular formula is C29H23N5O. The third-order valence-electron chi connectivity index (χ3n) is 5.97. The van der Waals surface area contributed by atoms with Crippen LogP contribution in [0.5, 0.6) is 0 Å². The fourth-order valence-corrected chi connectivity index (χ4v) is 4.24. The Morgan fingerprint density at radius 1 is 0.943 bits per heavy atom. The number of para-hydroxylation sites is 1. The third-order valence-corrected chi connectivity index (χ3v) is 5.97. The first-order valence-electron chi connectivity index (χ1n) is 11.4. The molecule has 1 amide bonds. The van der Waals surface area contributed by atoms with Gasteiger partial charge in [-0.25, -0.2) is 4.98 Å². The van der Waals surface area contributed by atoms with E-state index in [-0.39, 0.29) is 5.91 Å². The van der Waals surface area contributed by atoms with E-state index in [1.807, 2.05) is 104 Å². The number of hydrogen-bond donors (Lipinski definition) is 1. The summed E-state index contributed by atoms with van der Waals surface area (Å²) in [5, 5.41) is 19.4. The molecule has 1 unspecified atom stereocenters. The summed E-state index contributed by atoms with van der Waals surface area (Å²) in [6, 6.07) is 33.1. The van der Waals surface area contributed by atoms with Gasteiger partial charge in [0.25, 0.3) is 5.91 Å². The molecule has 170 valence electrons. The Morgan fingerprint density at radius 3 is 2.23 bits per heavy atom. The molecule has 6 heteroatoms. The van der Waals surface area contributed by atoms with E-state index in [0.29, 0.717) is 35.0 Å². The highest BCUT2D eigenvalue weighted by molar-refractivity contribution is 6.18. The van der Waals surface area contributed by atoms with E-state index < -0.39 is 5.92 Å². The van der Waals surface area contributed by atoms with Crippen LogP contribution in [0.3, 0.4) is 0 Å². The Bertz CT molecular complexity index is 1430. The maximum absolute atomic E-state index is 13.5. The summed E-state index contributed by atoms with van der Waals surface area (Å²) in [5.41, 5.74) is 5.04. The molecular weight excluding hydrogens is 434 g/mol. The van der Waals surface area contributed by atoms with E-state index in [4.69, 9.17) is 4.98 Å². The second-order valence-corrected chi connectivity index (χ2v) is 8.30. The van der Waals surface area contributed by atoms with Gasteiger partial charge in [-0.15, -0.1) is 0 Å². The molecule has 2 heterocycles. The maximum atomic E-state index is 13.5. The van der Waals surface area contributed by atoms with Crippen molar-refractivity contribution in [2.24, 2.45) is 5.10 Å². The van der Waals surface area contributed by atoms with Crippen molar-refractivity contribution in [3.8, 4) is 17.2 Å². The highest BCUT2D eigenvalue weighted by Crippen LogP contribution is 2.35. The number of pyridine rings is 1. The van der Waals surface area contributed by atoms with Gasteiger partial charge in [0.05, 0.1) is 17.1 Å². The van der Waals surface area contributed by atoms with Gasteiger partial charge in [0.2, 0.25) is 0 Å². The van der Waals surface area contributed by atoms with E-state index in [1.165, 1.54) is 5.01 Å². The number of rotatable bonds is 6. The fraction of sp³-hybridized carbons (Fsp3) is 0.103. The maximum Gasteiger partial charge on any atom is 0.262 e. The molecule has 0 aliphatic carbocycles. The monoisotopic (exact) mass is 457 g/mol. The van der Waals surface area contributed by atoms with Crippen LogP contribution in [0.25, 0.3) is 11.1 Å². The number of carbonyl (C=O) groups excluding carboxylic acids is 1. The summed E-state index contributed by atoms with van der Waals surface area (Å²) >= 11 is 0. The SMILES string of the molecule is CC1=NN(c2ccccc2)C(=O)C1c1cc(-c2ccccc2)c(C#N)c(NCc2ccccc2)n1. The number of anilines is 2. The lowest BCUT2D eigenvalue weighted by Crippen LogP contribution is -2.26. The van der Waals surface area contributed by atoms with Gasteiger partial charge < -0.3 is 5.32 Å². The highest BCUT2D eigenvalue weighted by atomic mass is 16.2. The van der Waals surface area contributed by atoms with Crippen molar-refractivity contribution in [1.29, 1.82) is 5.26 Å². The van der Waals surface area contributed by atoms with Crippen molar-refractivity contribution in [2.75, 3.05) is 10.3 Å². The van der Waals surface area contributed by atoms with E-state index in [1.54, 1.807) is 0 Å². The molecule has 4 aromatic rings. The van der Waals surface area contributed by atoms with Gasteiger partial charge in [0.15, 0.2) is 0 Å². The summed E-state index contributed by atoms with van der Waals surface area (Å²) in [7, 11) is 0. The van der Waals surface area contributed by atoms with Gasteiger partial charge in [-0.3, -0.25) is 4.79 Å². The topological polar surface area (TPSA) is 81.4 Å². The zero-order chi connectivity index (χ0) is 24.2. The van der Waals surface area contributed by atoms with Crippen LogP contribution in [0, 0.1) is 11.3 Å². The minimum absolute atomic E-state index is 0.168. The van der Waals surface area contributed by atoms with Crippen molar-refractivity contribution in [1.82, 2.24) is 4.98 Å². The zero-order valence-electron chi connectivity index (χ0n) is 19.2. The van der Waals surface area contributed by atoms with Gasteiger partial charge in [-0.1, -0.05) is 78.9 Å². The summed E-state index contributed by atoms with van der Waals surface area (Å²) in [5.74, 6) is -0.354. The molecule has 5 rings (SSSR count). The quantitative estimate of drug-likeness (QED) is 0.400. The van der Waals surface area contributed by atoms with Crippen LogP contribution in [0.2, 0.25) is 0 Å². The Kier molecular flexibility index (Phi) is 6.06. The first kappa shape index (κ1) is 22.1. The van der Waals surface area contributed by atoms with Gasteiger partial charge in [-0.05, 0) is 36.2 Å².